The lowest BCUT2D eigenvalue weighted by Crippen LogP contribution is -2.29. The molecule has 0 unspecified atom stereocenters. The normalized spacial score (nSPS) is 10.9. The number of nitrogens with one attached hydrogen (secondary N) is 1. The van der Waals surface area contributed by atoms with Crippen LogP contribution < -0.4 is 5.32 Å². The molecule has 21 heavy (non-hydrogen) atoms. The largest absolute Gasteiger partial charge is 0.352 e. The molecule has 0 radical (unpaired) electrons. The van der Waals surface area contributed by atoms with Crippen LogP contribution in [0.15, 0.2) is 36.9 Å². The summed E-state index contributed by atoms with van der Waals surface area (Å²) >= 11 is 0. The third-order valence-corrected chi connectivity index (χ3v) is 3.62. The smallest absolute Gasteiger partial charge is 0.223 e. The summed E-state index contributed by atoms with van der Waals surface area (Å²) in [6.07, 6.45) is 6.47. The van der Waals surface area contributed by atoms with Gasteiger partial charge in [-0.2, -0.15) is 0 Å². The lowest BCUT2D eigenvalue weighted by molar-refractivity contribution is -0.125. The average molecular weight is 289 g/mol. The number of aromatic nitrogens is 2. The van der Waals surface area contributed by atoms with Gasteiger partial charge in [-0.15, -0.1) is 0 Å². The van der Waals surface area contributed by atoms with Crippen molar-refractivity contribution in [3.8, 4) is 5.69 Å². The maximum Gasteiger partial charge on any atom is 0.223 e. The Balaban J connectivity index is 2.03. The predicted molar refractivity (Wildman–Crippen MR) is 79.4 cm³/mol. The second-order valence-electron chi connectivity index (χ2n) is 4.99. The Morgan fingerprint density at radius 3 is 2.71 bits per heavy atom. The quantitative estimate of drug-likeness (QED) is 0.888. The van der Waals surface area contributed by atoms with E-state index in [0.29, 0.717) is 12.2 Å². The van der Waals surface area contributed by atoms with Crippen molar-refractivity contribution in [3.63, 3.8) is 0 Å². The molecule has 1 heterocycles. The van der Waals surface area contributed by atoms with Gasteiger partial charge in [0.1, 0.15) is 5.82 Å². The second-order valence-corrected chi connectivity index (χ2v) is 4.99. The van der Waals surface area contributed by atoms with Crippen LogP contribution in [0.2, 0.25) is 0 Å². The molecular formula is C16H20FN3O. The zero-order valence-corrected chi connectivity index (χ0v) is 12.3. The number of carbonyl (C=O) groups excluding carboxylic acids is 1. The number of imidazole rings is 1. The van der Waals surface area contributed by atoms with Gasteiger partial charge >= 0.3 is 0 Å². The Kier molecular flexibility index (Phi) is 5.09. The molecule has 1 aromatic heterocycles. The van der Waals surface area contributed by atoms with Gasteiger partial charge < -0.3 is 9.88 Å². The highest BCUT2D eigenvalue weighted by Crippen LogP contribution is 2.15. The summed E-state index contributed by atoms with van der Waals surface area (Å²) in [4.78, 5) is 15.8. The molecule has 0 bridgehead atoms. The van der Waals surface area contributed by atoms with Gasteiger partial charge in [-0.1, -0.05) is 19.9 Å². The minimum absolute atomic E-state index is 0.0269. The van der Waals surface area contributed by atoms with Crippen molar-refractivity contribution in [2.45, 2.75) is 33.2 Å². The van der Waals surface area contributed by atoms with Crippen molar-refractivity contribution in [2.24, 2.45) is 5.92 Å². The van der Waals surface area contributed by atoms with E-state index in [1.54, 1.807) is 29.4 Å². The van der Waals surface area contributed by atoms with Gasteiger partial charge in [0.15, 0.2) is 0 Å². The van der Waals surface area contributed by atoms with Crippen molar-refractivity contribution >= 4 is 5.91 Å². The molecule has 0 aliphatic heterocycles. The van der Waals surface area contributed by atoms with Gasteiger partial charge in [0.05, 0.1) is 12.0 Å². The molecule has 2 aromatic rings. The lowest BCUT2D eigenvalue weighted by Gasteiger charge is -2.13. The number of hydrogen-bond acceptors (Lipinski definition) is 2. The number of hydrogen-bond donors (Lipinski definition) is 1. The summed E-state index contributed by atoms with van der Waals surface area (Å²) in [6, 6.07) is 4.95. The molecule has 0 saturated heterocycles. The molecule has 1 N–H and O–H groups in total. The third kappa shape index (κ3) is 3.68. The molecular weight excluding hydrogens is 269 g/mol. The summed E-state index contributed by atoms with van der Waals surface area (Å²) in [6.45, 7) is 4.33. The molecule has 1 aromatic carbocycles. The van der Waals surface area contributed by atoms with Gasteiger partial charge in [0.25, 0.3) is 0 Å². The van der Waals surface area contributed by atoms with E-state index in [1.165, 1.54) is 6.07 Å². The van der Waals surface area contributed by atoms with E-state index in [9.17, 15) is 9.18 Å². The molecule has 0 aliphatic carbocycles. The molecule has 5 heteroatoms. The van der Waals surface area contributed by atoms with Crippen LogP contribution in [0.25, 0.3) is 5.69 Å². The summed E-state index contributed by atoms with van der Waals surface area (Å²) in [7, 11) is 0. The first-order chi connectivity index (χ1) is 10.2. The first-order valence-electron chi connectivity index (χ1n) is 7.20. The first kappa shape index (κ1) is 15.2. The number of rotatable bonds is 6. The van der Waals surface area contributed by atoms with E-state index in [2.05, 4.69) is 10.3 Å². The minimum atomic E-state index is -0.331. The molecule has 0 atom stereocenters. The van der Waals surface area contributed by atoms with Crippen LogP contribution in [0, 0.1) is 11.7 Å². The van der Waals surface area contributed by atoms with E-state index in [1.807, 2.05) is 19.9 Å². The fourth-order valence-corrected chi connectivity index (χ4v) is 2.26. The average Bonchev–Trinajstić information content (AvgIpc) is 3.00. The van der Waals surface area contributed by atoms with Gasteiger partial charge in [-0.05, 0) is 30.5 Å². The van der Waals surface area contributed by atoms with E-state index >= 15 is 0 Å². The molecule has 1 amide bonds. The summed E-state index contributed by atoms with van der Waals surface area (Å²) in [5.74, 6) is -0.276. The van der Waals surface area contributed by atoms with Crippen LogP contribution in [0.4, 0.5) is 4.39 Å². The molecule has 112 valence electrons. The Bertz CT molecular complexity index is 592. The van der Waals surface area contributed by atoms with E-state index in [4.69, 9.17) is 0 Å². The number of nitrogens with zero attached hydrogens (tertiary/aromatic N) is 2. The van der Waals surface area contributed by atoms with Crippen molar-refractivity contribution in [3.05, 3.63) is 48.3 Å². The number of benzene rings is 1. The molecule has 0 saturated carbocycles. The maximum absolute atomic E-state index is 14.1. The summed E-state index contributed by atoms with van der Waals surface area (Å²) in [5.41, 5.74) is 1.19. The van der Waals surface area contributed by atoms with E-state index in [-0.39, 0.29) is 17.6 Å². The third-order valence-electron chi connectivity index (χ3n) is 3.62. The standard InChI is InChI=1S/C16H20FN3O/c1-3-13(4-2)16(21)19-10-12-5-6-15(14(17)9-12)20-8-7-18-11-20/h5-9,11,13H,3-4,10H2,1-2H3,(H,19,21). The second kappa shape index (κ2) is 7.02. The summed E-state index contributed by atoms with van der Waals surface area (Å²) in [5, 5.41) is 2.86. The number of amides is 1. The molecule has 0 fully saturated rings. The maximum atomic E-state index is 14.1. The molecule has 0 spiro atoms. The van der Waals surface area contributed by atoms with Crippen LogP contribution in [0.1, 0.15) is 32.3 Å². The molecule has 0 aliphatic rings. The van der Waals surface area contributed by atoms with Gasteiger partial charge in [-0.3, -0.25) is 4.79 Å². The topological polar surface area (TPSA) is 46.9 Å². The Morgan fingerprint density at radius 1 is 1.38 bits per heavy atom. The van der Waals surface area contributed by atoms with E-state index < -0.39 is 0 Å². The predicted octanol–water partition coefficient (Wildman–Crippen LogP) is 3.06. The fourth-order valence-electron chi connectivity index (χ4n) is 2.26. The Labute approximate surface area is 124 Å². The van der Waals surface area contributed by atoms with Crippen molar-refractivity contribution in [1.82, 2.24) is 14.9 Å². The van der Waals surface area contributed by atoms with Crippen LogP contribution in [-0.2, 0) is 11.3 Å². The monoisotopic (exact) mass is 289 g/mol. The Hall–Kier alpha value is -2.17. The van der Waals surface area contributed by atoms with Gasteiger partial charge in [-0.25, -0.2) is 9.37 Å². The molecule has 2 rings (SSSR count). The van der Waals surface area contributed by atoms with Gasteiger partial charge in [0, 0.05) is 24.9 Å². The highest BCUT2D eigenvalue weighted by Gasteiger charge is 2.13. The summed E-state index contributed by atoms with van der Waals surface area (Å²) < 4.78 is 15.7. The SMILES string of the molecule is CCC(CC)C(=O)NCc1ccc(-n2ccnc2)c(F)c1. The van der Waals surface area contributed by atoms with Crippen LogP contribution in [0.3, 0.4) is 0 Å². The minimum Gasteiger partial charge on any atom is -0.352 e. The highest BCUT2D eigenvalue weighted by molar-refractivity contribution is 5.78. The Morgan fingerprint density at radius 2 is 2.14 bits per heavy atom. The highest BCUT2D eigenvalue weighted by atomic mass is 19.1. The molecule has 4 nitrogen and oxygen atoms in total. The number of carbonyl (C=O) groups is 1. The van der Waals surface area contributed by atoms with Crippen LogP contribution in [-0.4, -0.2) is 15.5 Å². The van der Waals surface area contributed by atoms with Crippen LogP contribution in [0.5, 0.6) is 0 Å². The lowest BCUT2D eigenvalue weighted by atomic mass is 10.0. The van der Waals surface area contributed by atoms with Crippen molar-refractivity contribution in [1.29, 1.82) is 0 Å². The van der Waals surface area contributed by atoms with Gasteiger partial charge in [0.2, 0.25) is 5.91 Å². The van der Waals surface area contributed by atoms with Crippen LogP contribution >= 0.6 is 0 Å². The van der Waals surface area contributed by atoms with Crippen molar-refractivity contribution < 1.29 is 9.18 Å². The number of halogens is 1. The van der Waals surface area contributed by atoms with Crippen molar-refractivity contribution in [2.75, 3.05) is 0 Å². The zero-order chi connectivity index (χ0) is 15.2. The zero-order valence-electron chi connectivity index (χ0n) is 12.3. The first-order valence-corrected chi connectivity index (χ1v) is 7.20. The fraction of sp³-hybridized carbons (Fsp3) is 0.375. The van der Waals surface area contributed by atoms with E-state index in [0.717, 1.165) is 18.4 Å².